The SMILES string of the molecule is CN(Cc1ccccc1)C(=O)COCc1cc(-c2ccc3c(c2)OCO3)on1. The van der Waals surface area contributed by atoms with Crippen molar-refractivity contribution in [3.63, 3.8) is 0 Å². The summed E-state index contributed by atoms with van der Waals surface area (Å²) >= 11 is 0. The average Bonchev–Trinajstić information content (AvgIpc) is 3.37. The van der Waals surface area contributed by atoms with E-state index in [2.05, 4.69) is 5.16 Å². The highest BCUT2D eigenvalue weighted by Gasteiger charge is 2.16. The number of fused-ring (bicyclic) bond motifs is 1. The smallest absolute Gasteiger partial charge is 0.248 e. The highest BCUT2D eigenvalue weighted by atomic mass is 16.7. The van der Waals surface area contributed by atoms with Crippen molar-refractivity contribution in [2.45, 2.75) is 13.2 Å². The van der Waals surface area contributed by atoms with Crippen LogP contribution in [0.5, 0.6) is 11.5 Å². The minimum atomic E-state index is -0.0941. The molecule has 2 aromatic carbocycles. The lowest BCUT2D eigenvalue weighted by molar-refractivity contribution is -0.135. The molecule has 0 radical (unpaired) electrons. The Balaban J connectivity index is 1.28. The van der Waals surface area contributed by atoms with E-state index in [1.165, 1.54) is 0 Å². The molecule has 0 unspecified atom stereocenters. The molecule has 0 N–H and O–H groups in total. The number of aromatic nitrogens is 1. The molecule has 0 spiro atoms. The van der Waals surface area contributed by atoms with Crippen molar-refractivity contribution in [3.05, 3.63) is 65.9 Å². The summed E-state index contributed by atoms with van der Waals surface area (Å²) in [6, 6.07) is 17.2. The van der Waals surface area contributed by atoms with Crippen molar-refractivity contribution >= 4 is 5.91 Å². The predicted molar refractivity (Wildman–Crippen MR) is 101 cm³/mol. The van der Waals surface area contributed by atoms with Crippen molar-refractivity contribution in [3.8, 4) is 22.8 Å². The van der Waals surface area contributed by atoms with Crippen LogP contribution < -0.4 is 9.47 Å². The average molecular weight is 380 g/mol. The Morgan fingerprint density at radius 1 is 1.11 bits per heavy atom. The van der Waals surface area contributed by atoms with E-state index in [4.69, 9.17) is 18.7 Å². The molecule has 144 valence electrons. The summed E-state index contributed by atoms with van der Waals surface area (Å²) in [5.74, 6) is 1.90. The second-order valence-corrected chi connectivity index (χ2v) is 6.48. The van der Waals surface area contributed by atoms with Crippen molar-refractivity contribution in [1.29, 1.82) is 0 Å². The fourth-order valence-corrected chi connectivity index (χ4v) is 2.86. The molecule has 28 heavy (non-hydrogen) atoms. The quantitative estimate of drug-likeness (QED) is 0.626. The van der Waals surface area contributed by atoms with Gasteiger partial charge in [0.2, 0.25) is 12.7 Å². The van der Waals surface area contributed by atoms with Crippen molar-refractivity contribution in [1.82, 2.24) is 10.1 Å². The Morgan fingerprint density at radius 3 is 2.79 bits per heavy atom. The maximum absolute atomic E-state index is 12.2. The highest BCUT2D eigenvalue weighted by Crippen LogP contribution is 2.36. The molecule has 1 aromatic heterocycles. The molecule has 2 heterocycles. The molecule has 0 saturated carbocycles. The van der Waals surface area contributed by atoms with E-state index < -0.39 is 0 Å². The van der Waals surface area contributed by atoms with Crippen LogP contribution >= 0.6 is 0 Å². The zero-order valence-electron chi connectivity index (χ0n) is 15.5. The number of likely N-dealkylation sites (N-methyl/N-ethyl adjacent to an activating group) is 1. The lowest BCUT2D eigenvalue weighted by atomic mass is 10.1. The van der Waals surface area contributed by atoms with Crippen LogP contribution in [0.15, 0.2) is 59.1 Å². The minimum absolute atomic E-state index is 0.0183. The minimum Gasteiger partial charge on any atom is -0.454 e. The van der Waals surface area contributed by atoms with Crippen LogP contribution in [0.3, 0.4) is 0 Å². The Labute approximate surface area is 162 Å². The first-order valence-electron chi connectivity index (χ1n) is 8.90. The number of amides is 1. The predicted octanol–water partition coefficient (Wildman–Crippen LogP) is 3.25. The van der Waals surface area contributed by atoms with E-state index in [0.29, 0.717) is 29.5 Å². The number of rotatable bonds is 7. The number of carbonyl (C=O) groups excluding carboxylic acids is 1. The van der Waals surface area contributed by atoms with Crippen LogP contribution in [-0.4, -0.2) is 36.4 Å². The molecule has 0 aliphatic carbocycles. The van der Waals surface area contributed by atoms with E-state index in [-0.39, 0.29) is 25.9 Å². The molecule has 1 amide bonds. The standard InChI is InChI=1S/C21H20N2O5/c1-23(11-15-5-3-2-4-6-15)21(24)13-25-12-17-10-19(28-22-17)16-7-8-18-20(9-16)27-14-26-18/h2-10H,11-14H2,1H3. The molecule has 1 aliphatic rings. The van der Waals surface area contributed by atoms with E-state index in [1.807, 2.05) is 48.5 Å². The van der Waals surface area contributed by atoms with Gasteiger partial charge in [0.05, 0.1) is 6.61 Å². The van der Waals surface area contributed by atoms with Crippen LogP contribution in [0, 0.1) is 0 Å². The van der Waals surface area contributed by atoms with Crippen molar-refractivity contribution in [2.75, 3.05) is 20.4 Å². The van der Waals surface area contributed by atoms with Crippen LogP contribution in [0.25, 0.3) is 11.3 Å². The molecular weight excluding hydrogens is 360 g/mol. The summed E-state index contributed by atoms with van der Waals surface area (Å²) in [6.07, 6.45) is 0. The summed E-state index contributed by atoms with van der Waals surface area (Å²) in [6.45, 7) is 0.941. The summed E-state index contributed by atoms with van der Waals surface area (Å²) < 4.78 is 21.6. The Morgan fingerprint density at radius 2 is 1.93 bits per heavy atom. The lowest BCUT2D eigenvalue weighted by Gasteiger charge is -2.17. The van der Waals surface area contributed by atoms with Gasteiger partial charge >= 0.3 is 0 Å². The largest absolute Gasteiger partial charge is 0.454 e. The molecule has 0 atom stereocenters. The fraction of sp³-hybridized carbons (Fsp3) is 0.238. The van der Waals surface area contributed by atoms with Gasteiger partial charge in [0.1, 0.15) is 12.3 Å². The van der Waals surface area contributed by atoms with E-state index >= 15 is 0 Å². The van der Waals surface area contributed by atoms with Gasteiger partial charge in [-0.2, -0.15) is 0 Å². The zero-order valence-corrected chi connectivity index (χ0v) is 15.5. The lowest BCUT2D eigenvalue weighted by Crippen LogP contribution is -2.29. The molecule has 7 heteroatoms. The van der Waals surface area contributed by atoms with Crippen LogP contribution in [0.4, 0.5) is 0 Å². The summed E-state index contributed by atoms with van der Waals surface area (Å²) in [5.41, 5.74) is 2.52. The van der Waals surface area contributed by atoms with Gasteiger partial charge in [-0.1, -0.05) is 35.5 Å². The number of benzene rings is 2. The highest BCUT2D eigenvalue weighted by molar-refractivity contribution is 5.77. The maximum Gasteiger partial charge on any atom is 0.248 e. The first-order valence-corrected chi connectivity index (χ1v) is 8.90. The van der Waals surface area contributed by atoms with E-state index in [0.717, 1.165) is 11.1 Å². The molecular formula is C21H20N2O5. The van der Waals surface area contributed by atoms with Gasteiger partial charge in [-0.3, -0.25) is 4.79 Å². The first kappa shape index (κ1) is 18.1. The number of nitrogens with zero attached hydrogens (tertiary/aromatic N) is 2. The van der Waals surface area contributed by atoms with Crippen LogP contribution in [0.1, 0.15) is 11.3 Å². The summed E-state index contributed by atoms with van der Waals surface area (Å²) in [5, 5.41) is 4.00. The van der Waals surface area contributed by atoms with Gasteiger partial charge in [0.25, 0.3) is 0 Å². The normalized spacial score (nSPS) is 12.2. The number of hydrogen-bond acceptors (Lipinski definition) is 6. The number of hydrogen-bond donors (Lipinski definition) is 0. The van der Waals surface area contributed by atoms with Crippen LogP contribution in [0.2, 0.25) is 0 Å². The summed E-state index contributed by atoms with van der Waals surface area (Å²) in [4.78, 5) is 13.8. The first-order chi connectivity index (χ1) is 13.7. The maximum atomic E-state index is 12.2. The molecule has 0 saturated heterocycles. The van der Waals surface area contributed by atoms with Gasteiger partial charge in [0.15, 0.2) is 17.3 Å². The third-order valence-electron chi connectivity index (χ3n) is 4.38. The van der Waals surface area contributed by atoms with Gasteiger partial charge in [-0.05, 0) is 23.8 Å². The second-order valence-electron chi connectivity index (χ2n) is 6.48. The molecule has 1 aliphatic heterocycles. The number of carbonyl (C=O) groups is 1. The third-order valence-corrected chi connectivity index (χ3v) is 4.38. The van der Waals surface area contributed by atoms with Crippen molar-refractivity contribution in [2.24, 2.45) is 0 Å². The summed E-state index contributed by atoms with van der Waals surface area (Å²) in [7, 11) is 1.76. The van der Waals surface area contributed by atoms with Gasteiger partial charge in [-0.25, -0.2) is 0 Å². The van der Waals surface area contributed by atoms with Gasteiger partial charge in [0, 0.05) is 25.2 Å². The molecule has 3 aromatic rings. The Hall–Kier alpha value is -3.32. The van der Waals surface area contributed by atoms with E-state index in [1.54, 1.807) is 18.0 Å². The third kappa shape index (κ3) is 4.15. The molecule has 0 bridgehead atoms. The second kappa shape index (κ2) is 8.14. The Kier molecular flexibility index (Phi) is 5.25. The fourth-order valence-electron chi connectivity index (χ4n) is 2.86. The Bertz CT molecular complexity index is 954. The van der Waals surface area contributed by atoms with Crippen molar-refractivity contribution < 1.29 is 23.5 Å². The molecule has 7 nitrogen and oxygen atoms in total. The van der Waals surface area contributed by atoms with Crippen LogP contribution in [-0.2, 0) is 22.7 Å². The molecule has 0 fully saturated rings. The topological polar surface area (TPSA) is 74.0 Å². The van der Waals surface area contributed by atoms with Gasteiger partial charge in [-0.15, -0.1) is 0 Å². The monoisotopic (exact) mass is 380 g/mol. The molecule has 4 rings (SSSR count). The zero-order chi connectivity index (χ0) is 19.3. The number of ether oxygens (including phenoxy) is 3. The van der Waals surface area contributed by atoms with E-state index in [9.17, 15) is 4.79 Å². The van der Waals surface area contributed by atoms with Gasteiger partial charge < -0.3 is 23.6 Å².